The molecule has 0 aliphatic heterocycles. The highest BCUT2D eigenvalue weighted by Crippen LogP contribution is 2.14. The summed E-state index contributed by atoms with van der Waals surface area (Å²) in [6.45, 7) is 1.76. The van der Waals surface area contributed by atoms with Crippen LogP contribution in [-0.4, -0.2) is 24.5 Å². The lowest BCUT2D eigenvalue weighted by atomic mass is 10.1. The van der Waals surface area contributed by atoms with Crippen LogP contribution in [0, 0.1) is 6.92 Å². The first-order chi connectivity index (χ1) is 9.85. The number of hydrogen-bond acceptors (Lipinski definition) is 4. The van der Waals surface area contributed by atoms with Crippen LogP contribution in [-0.2, 0) is 15.8 Å². The molecule has 0 atom stereocenters. The van der Waals surface area contributed by atoms with Gasteiger partial charge in [0.1, 0.15) is 0 Å². The predicted molar refractivity (Wildman–Crippen MR) is 78.6 cm³/mol. The molecule has 1 aromatic heterocycles. The number of rotatable bonds is 5. The highest BCUT2D eigenvalue weighted by molar-refractivity contribution is 7.91. The lowest BCUT2D eigenvalue weighted by molar-refractivity contribution is 0.0696. The molecule has 0 amide bonds. The van der Waals surface area contributed by atoms with Gasteiger partial charge in [-0.15, -0.1) is 0 Å². The smallest absolute Gasteiger partial charge is 0.335 e. The summed E-state index contributed by atoms with van der Waals surface area (Å²) in [4.78, 5) is 14.9. The van der Waals surface area contributed by atoms with E-state index in [0.717, 1.165) is 0 Å². The Morgan fingerprint density at radius 3 is 2.71 bits per heavy atom. The summed E-state index contributed by atoms with van der Waals surface area (Å²) in [5.41, 5.74) is 1.59. The number of aryl methyl sites for hydroxylation is 1. The average molecular weight is 306 g/mol. The number of anilines is 1. The molecule has 2 aromatic rings. The Morgan fingerprint density at radius 2 is 2.05 bits per heavy atom. The summed E-state index contributed by atoms with van der Waals surface area (Å²) in [5, 5.41) is 8.90. The molecule has 0 radical (unpaired) electrons. The van der Waals surface area contributed by atoms with E-state index in [1.165, 1.54) is 24.4 Å². The first-order valence-corrected chi connectivity index (χ1v) is 7.76. The Hall–Kier alpha value is -2.41. The van der Waals surface area contributed by atoms with Gasteiger partial charge in [-0.05, 0) is 36.8 Å². The maximum absolute atomic E-state index is 12.1. The summed E-state index contributed by atoms with van der Waals surface area (Å²) < 4.78 is 26.6. The Balaban J connectivity index is 2.18. The van der Waals surface area contributed by atoms with Crippen LogP contribution in [0.5, 0.6) is 0 Å². The lowest BCUT2D eigenvalue weighted by Crippen LogP contribution is -2.15. The van der Waals surface area contributed by atoms with Gasteiger partial charge in [0.2, 0.25) is 10.0 Å². The third-order valence-corrected chi connectivity index (χ3v) is 3.96. The van der Waals surface area contributed by atoms with Gasteiger partial charge in [-0.3, -0.25) is 9.71 Å². The van der Waals surface area contributed by atoms with Crippen LogP contribution >= 0.6 is 0 Å². The molecule has 21 heavy (non-hydrogen) atoms. The van der Waals surface area contributed by atoms with Crippen molar-refractivity contribution in [3.8, 4) is 0 Å². The summed E-state index contributed by atoms with van der Waals surface area (Å²) in [6, 6.07) is 9.02. The van der Waals surface area contributed by atoms with E-state index in [1.807, 2.05) is 0 Å². The topological polar surface area (TPSA) is 96.4 Å². The fourth-order valence-corrected chi connectivity index (χ4v) is 3.01. The van der Waals surface area contributed by atoms with E-state index in [4.69, 9.17) is 5.11 Å². The van der Waals surface area contributed by atoms with Crippen LogP contribution in [0.4, 0.5) is 5.69 Å². The molecule has 2 N–H and O–H groups in total. The second-order valence-corrected chi connectivity index (χ2v) is 6.27. The fraction of sp³-hybridized carbons (Fsp3) is 0.143. The zero-order chi connectivity index (χ0) is 15.5. The van der Waals surface area contributed by atoms with Gasteiger partial charge >= 0.3 is 5.97 Å². The van der Waals surface area contributed by atoms with Gasteiger partial charge < -0.3 is 5.11 Å². The number of nitrogens with one attached hydrogen (secondary N) is 1. The van der Waals surface area contributed by atoms with E-state index in [-0.39, 0.29) is 11.3 Å². The summed E-state index contributed by atoms with van der Waals surface area (Å²) in [6.07, 6.45) is 1.51. The molecule has 0 saturated heterocycles. The maximum atomic E-state index is 12.1. The number of carbonyl (C=O) groups is 1. The molecule has 0 spiro atoms. The van der Waals surface area contributed by atoms with Crippen molar-refractivity contribution in [1.29, 1.82) is 0 Å². The molecule has 0 aliphatic carbocycles. The van der Waals surface area contributed by atoms with Crippen molar-refractivity contribution < 1.29 is 18.3 Å². The number of carboxylic acids is 1. The zero-order valence-electron chi connectivity index (χ0n) is 11.3. The van der Waals surface area contributed by atoms with E-state index in [0.29, 0.717) is 16.9 Å². The molecule has 0 saturated carbocycles. The molecule has 110 valence electrons. The van der Waals surface area contributed by atoms with Crippen molar-refractivity contribution in [2.45, 2.75) is 12.7 Å². The molecule has 0 bridgehead atoms. The molecular formula is C14H14N2O4S. The van der Waals surface area contributed by atoms with Gasteiger partial charge in [0.05, 0.1) is 17.0 Å². The maximum Gasteiger partial charge on any atom is 0.335 e. The molecule has 0 unspecified atom stereocenters. The van der Waals surface area contributed by atoms with Crippen LogP contribution < -0.4 is 4.72 Å². The quantitative estimate of drug-likeness (QED) is 0.881. The van der Waals surface area contributed by atoms with Gasteiger partial charge in [-0.1, -0.05) is 12.1 Å². The normalized spacial score (nSPS) is 11.1. The number of hydrogen-bond donors (Lipinski definition) is 2. The SMILES string of the molecule is Cc1cc(NS(=O)(=O)Cc2cccc(C(=O)O)c2)ccn1. The second kappa shape index (κ2) is 5.92. The number of carboxylic acid groups (broad SMARTS) is 1. The molecule has 1 heterocycles. The van der Waals surface area contributed by atoms with Gasteiger partial charge in [0.15, 0.2) is 0 Å². The van der Waals surface area contributed by atoms with Crippen LogP contribution in [0.3, 0.4) is 0 Å². The third-order valence-electron chi connectivity index (χ3n) is 2.70. The van der Waals surface area contributed by atoms with Gasteiger partial charge in [-0.2, -0.15) is 0 Å². The van der Waals surface area contributed by atoms with Crippen LogP contribution in [0.25, 0.3) is 0 Å². The summed E-state index contributed by atoms with van der Waals surface area (Å²) in [7, 11) is -3.62. The van der Waals surface area contributed by atoms with Crippen molar-refractivity contribution in [2.24, 2.45) is 0 Å². The van der Waals surface area contributed by atoms with Crippen molar-refractivity contribution in [2.75, 3.05) is 4.72 Å². The minimum Gasteiger partial charge on any atom is -0.478 e. The summed E-state index contributed by atoms with van der Waals surface area (Å²) >= 11 is 0. The van der Waals surface area contributed by atoms with Crippen LogP contribution in [0.1, 0.15) is 21.6 Å². The van der Waals surface area contributed by atoms with Crippen molar-refractivity contribution >= 4 is 21.7 Å². The Bertz CT molecular complexity index is 772. The van der Waals surface area contributed by atoms with E-state index in [2.05, 4.69) is 9.71 Å². The van der Waals surface area contributed by atoms with E-state index < -0.39 is 16.0 Å². The van der Waals surface area contributed by atoms with Gasteiger partial charge in [0.25, 0.3) is 0 Å². The Kier molecular flexibility index (Phi) is 4.23. The van der Waals surface area contributed by atoms with E-state index in [1.54, 1.807) is 25.1 Å². The van der Waals surface area contributed by atoms with E-state index >= 15 is 0 Å². The third kappa shape index (κ3) is 4.28. The van der Waals surface area contributed by atoms with Crippen molar-refractivity contribution in [3.05, 3.63) is 59.4 Å². The number of aromatic carboxylic acids is 1. The number of sulfonamides is 1. The standard InChI is InChI=1S/C14H14N2O4S/c1-10-7-13(5-6-15-10)16-21(19,20)9-11-3-2-4-12(8-11)14(17)18/h2-8H,9H2,1H3,(H,15,16)(H,17,18). The first-order valence-electron chi connectivity index (χ1n) is 6.11. The largest absolute Gasteiger partial charge is 0.478 e. The number of aromatic nitrogens is 1. The molecule has 1 aromatic carbocycles. The van der Waals surface area contributed by atoms with Gasteiger partial charge in [-0.25, -0.2) is 13.2 Å². The molecule has 2 rings (SSSR count). The molecule has 6 nitrogen and oxygen atoms in total. The van der Waals surface area contributed by atoms with Crippen molar-refractivity contribution in [3.63, 3.8) is 0 Å². The Morgan fingerprint density at radius 1 is 1.29 bits per heavy atom. The minimum atomic E-state index is -3.62. The second-order valence-electron chi connectivity index (χ2n) is 4.55. The molecular weight excluding hydrogens is 292 g/mol. The zero-order valence-corrected chi connectivity index (χ0v) is 12.1. The number of nitrogens with zero attached hydrogens (tertiary/aromatic N) is 1. The fourth-order valence-electron chi connectivity index (χ4n) is 1.84. The molecule has 7 heteroatoms. The van der Waals surface area contributed by atoms with Crippen LogP contribution in [0.2, 0.25) is 0 Å². The Labute approximate surface area is 122 Å². The first kappa shape index (κ1) is 15.0. The predicted octanol–water partition coefficient (Wildman–Crippen LogP) is 2.03. The monoisotopic (exact) mass is 306 g/mol. The summed E-state index contributed by atoms with van der Waals surface area (Å²) in [5.74, 6) is -1.39. The molecule has 0 fully saturated rings. The highest BCUT2D eigenvalue weighted by Gasteiger charge is 2.13. The van der Waals surface area contributed by atoms with Crippen LogP contribution in [0.15, 0.2) is 42.6 Å². The lowest BCUT2D eigenvalue weighted by Gasteiger charge is -2.09. The van der Waals surface area contributed by atoms with Gasteiger partial charge in [0, 0.05) is 11.9 Å². The number of benzene rings is 1. The average Bonchev–Trinajstić information content (AvgIpc) is 2.37. The van der Waals surface area contributed by atoms with Crippen molar-refractivity contribution in [1.82, 2.24) is 4.98 Å². The highest BCUT2D eigenvalue weighted by atomic mass is 32.2. The molecule has 0 aliphatic rings. The number of pyridine rings is 1. The van der Waals surface area contributed by atoms with E-state index in [9.17, 15) is 13.2 Å². The minimum absolute atomic E-state index is 0.0578.